The third kappa shape index (κ3) is 5.93. The standard InChI is InChI=1S/C27H27Cl2N5O2/c1-27(2,3)33-23(35)15-34-25(17-6-5-7-20(28)10-17)32-24-22(26(34)36)12-19(14-31-24)18-8-16(13-30-4)9-21(29)11-18/h5-12,14,30H,13,15H2,1-4H3,(H,33,35). The van der Waals surface area contributed by atoms with Gasteiger partial charge in [-0.2, -0.15) is 0 Å². The monoisotopic (exact) mass is 523 g/mol. The number of amides is 1. The molecule has 4 rings (SSSR count). The van der Waals surface area contributed by atoms with E-state index in [0.717, 1.165) is 16.7 Å². The van der Waals surface area contributed by atoms with Crippen molar-refractivity contribution in [3.05, 3.63) is 80.7 Å². The van der Waals surface area contributed by atoms with Gasteiger partial charge in [-0.25, -0.2) is 9.97 Å². The lowest BCUT2D eigenvalue weighted by Crippen LogP contribution is -2.43. The quantitative estimate of drug-likeness (QED) is 0.368. The number of carbonyl (C=O) groups excluding carboxylic acids is 1. The van der Waals surface area contributed by atoms with Crippen LogP contribution in [0.3, 0.4) is 0 Å². The van der Waals surface area contributed by atoms with Crippen molar-refractivity contribution < 1.29 is 4.79 Å². The lowest BCUT2D eigenvalue weighted by Gasteiger charge is -2.21. The van der Waals surface area contributed by atoms with E-state index in [2.05, 4.69) is 20.6 Å². The van der Waals surface area contributed by atoms with Gasteiger partial charge in [0.2, 0.25) is 5.91 Å². The zero-order valence-corrected chi connectivity index (χ0v) is 22.0. The SMILES string of the molecule is CNCc1cc(Cl)cc(-c2cnc3nc(-c4cccc(Cl)c4)n(CC(=O)NC(C)(C)C)c(=O)c3c2)c1. The van der Waals surface area contributed by atoms with E-state index in [4.69, 9.17) is 23.2 Å². The summed E-state index contributed by atoms with van der Waals surface area (Å²) in [6.07, 6.45) is 1.67. The maximum atomic E-state index is 13.8. The molecule has 0 radical (unpaired) electrons. The van der Waals surface area contributed by atoms with Crippen LogP contribution in [0.15, 0.2) is 59.5 Å². The van der Waals surface area contributed by atoms with Gasteiger partial charge in [0.05, 0.1) is 5.39 Å². The van der Waals surface area contributed by atoms with Crippen LogP contribution in [0.2, 0.25) is 10.0 Å². The molecule has 9 heteroatoms. The Morgan fingerprint density at radius 1 is 1.00 bits per heavy atom. The highest BCUT2D eigenvalue weighted by atomic mass is 35.5. The van der Waals surface area contributed by atoms with Crippen LogP contribution in [0, 0.1) is 0 Å². The molecule has 0 aliphatic carbocycles. The smallest absolute Gasteiger partial charge is 0.263 e. The van der Waals surface area contributed by atoms with Crippen molar-refractivity contribution in [3.63, 3.8) is 0 Å². The molecule has 186 valence electrons. The van der Waals surface area contributed by atoms with Crippen LogP contribution in [0.5, 0.6) is 0 Å². The second-order valence-electron chi connectivity index (χ2n) is 9.61. The first-order valence-corrected chi connectivity index (χ1v) is 12.2. The topological polar surface area (TPSA) is 88.9 Å². The van der Waals surface area contributed by atoms with Crippen molar-refractivity contribution in [2.75, 3.05) is 7.05 Å². The van der Waals surface area contributed by atoms with Crippen LogP contribution < -0.4 is 16.2 Å². The highest BCUT2D eigenvalue weighted by Gasteiger charge is 2.20. The molecule has 36 heavy (non-hydrogen) atoms. The van der Waals surface area contributed by atoms with Crippen LogP contribution in [0.1, 0.15) is 26.3 Å². The minimum absolute atomic E-state index is 0.200. The van der Waals surface area contributed by atoms with Crippen LogP contribution in [-0.2, 0) is 17.9 Å². The van der Waals surface area contributed by atoms with Crippen molar-refractivity contribution in [1.82, 2.24) is 25.2 Å². The van der Waals surface area contributed by atoms with E-state index < -0.39 is 5.54 Å². The van der Waals surface area contributed by atoms with Crippen LogP contribution in [0.4, 0.5) is 0 Å². The average Bonchev–Trinajstić information content (AvgIpc) is 2.79. The molecule has 2 aromatic heterocycles. The Hall–Kier alpha value is -3.26. The minimum Gasteiger partial charge on any atom is -0.350 e. The maximum absolute atomic E-state index is 13.8. The maximum Gasteiger partial charge on any atom is 0.263 e. The summed E-state index contributed by atoms with van der Waals surface area (Å²) in [7, 11) is 1.86. The molecule has 4 aromatic rings. The van der Waals surface area contributed by atoms with Gasteiger partial charge in [0.1, 0.15) is 12.4 Å². The number of aromatic nitrogens is 3. The second-order valence-corrected chi connectivity index (χ2v) is 10.5. The molecule has 2 N–H and O–H groups in total. The fourth-order valence-corrected chi connectivity index (χ4v) is 4.43. The second kappa shape index (κ2) is 10.4. The van der Waals surface area contributed by atoms with E-state index >= 15 is 0 Å². The van der Waals surface area contributed by atoms with E-state index in [1.165, 1.54) is 4.57 Å². The highest BCUT2D eigenvalue weighted by Crippen LogP contribution is 2.27. The van der Waals surface area contributed by atoms with Gasteiger partial charge in [0.15, 0.2) is 5.65 Å². The third-order valence-electron chi connectivity index (χ3n) is 5.38. The lowest BCUT2D eigenvalue weighted by molar-refractivity contribution is -0.123. The summed E-state index contributed by atoms with van der Waals surface area (Å²) in [6.45, 7) is 6.10. The molecule has 0 aliphatic rings. The third-order valence-corrected chi connectivity index (χ3v) is 5.83. The zero-order chi connectivity index (χ0) is 26.0. The van der Waals surface area contributed by atoms with Gasteiger partial charge in [-0.15, -0.1) is 0 Å². The van der Waals surface area contributed by atoms with Crippen molar-refractivity contribution in [2.45, 2.75) is 39.4 Å². The van der Waals surface area contributed by atoms with Gasteiger partial charge in [-0.1, -0.05) is 35.3 Å². The summed E-state index contributed by atoms with van der Waals surface area (Å²) in [5.41, 5.74) is 2.64. The summed E-state index contributed by atoms with van der Waals surface area (Å²) < 4.78 is 1.37. The Kier molecular flexibility index (Phi) is 7.45. The fraction of sp³-hybridized carbons (Fsp3) is 0.259. The van der Waals surface area contributed by atoms with Crippen molar-refractivity contribution in [2.24, 2.45) is 0 Å². The molecule has 2 aromatic carbocycles. The first-order valence-electron chi connectivity index (χ1n) is 11.5. The number of hydrogen-bond donors (Lipinski definition) is 2. The Labute approximate surface area is 219 Å². The normalized spacial score (nSPS) is 11.6. The molecule has 0 fully saturated rings. The van der Waals surface area contributed by atoms with Gasteiger partial charge in [0, 0.05) is 39.5 Å². The molecule has 0 unspecified atom stereocenters. The molecule has 1 amide bonds. The van der Waals surface area contributed by atoms with Gasteiger partial charge in [-0.3, -0.25) is 14.2 Å². The molecular formula is C27H27Cl2N5O2. The van der Waals surface area contributed by atoms with E-state index in [1.54, 1.807) is 36.5 Å². The molecular weight excluding hydrogens is 497 g/mol. The molecule has 2 heterocycles. The van der Waals surface area contributed by atoms with Gasteiger partial charge >= 0.3 is 0 Å². The minimum atomic E-state index is -0.451. The number of hydrogen-bond acceptors (Lipinski definition) is 5. The van der Waals surface area contributed by atoms with Crippen molar-refractivity contribution in [1.29, 1.82) is 0 Å². The van der Waals surface area contributed by atoms with E-state index in [9.17, 15) is 9.59 Å². The Morgan fingerprint density at radius 3 is 2.44 bits per heavy atom. The number of rotatable bonds is 6. The number of pyridine rings is 1. The molecule has 0 atom stereocenters. The largest absolute Gasteiger partial charge is 0.350 e. The van der Waals surface area contributed by atoms with Crippen LogP contribution in [-0.4, -0.2) is 33.0 Å². The predicted molar refractivity (Wildman–Crippen MR) is 145 cm³/mol. The molecule has 0 spiro atoms. The first kappa shape index (κ1) is 25.8. The number of halogens is 2. The predicted octanol–water partition coefficient (Wildman–Crippen LogP) is 5.07. The number of carbonyl (C=O) groups is 1. The first-order chi connectivity index (χ1) is 17.0. The summed E-state index contributed by atoms with van der Waals surface area (Å²) >= 11 is 12.5. The zero-order valence-electron chi connectivity index (χ0n) is 20.5. The lowest BCUT2D eigenvalue weighted by atomic mass is 10.0. The van der Waals surface area contributed by atoms with E-state index in [-0.39, 0.29) is 23.7 Å². The Bertz CT molecular complexity index is 1510. The molecule has 0 saturated carbocycles. The highest BCUT2D eigenvalue weighted by molar-refractivity contribution is 6.31. The van der Waals surface area contributed by atoms with Crippen molar-refractivity contribution in [3.8, 4) is 22.5 Å². The number of nitrogens with zero attached hydrogens (tertiary/aromatic N) is 3. The van der Waals surface area contributed by atoms with E-state index in [0.29, 0.717) is 33.4 Å². The van der Waals surface area contributed by atoms with Gasteiger partial charge < -0.3 is 10.6 Å². The molecule has 0 bridgehead atoms. The average molecular weight is 524 g/mol. The number of fused-ring (bicyclic) bond motifs is 1. The summed E-state index contributed by atoms with van der Waals surface area (Å²) in [6, 6.07) is 14.5. The van der Waals surface area contributed by atoms with Crippen LogP contribution >= 0.6 is 23.2 Å². The summed E-state index contributed by atoms with van der Waals surface area (Å²) in [4.78, 5) is 35.8. The molecule has 0 saturated heterocycles. The summed E-state index contributed by atoms with van der Waals surface area (Å²) in [5, 5.41) is 7.40. The van der Waals surface area contributed by atoms with Crippen molar-refractivity contribution >= 4 is 40.1 Å². The molecule has 7 nitrogen and oxygen atoms in total. The number of nitrogens with one attached hydrogen (secondary N) is 2. The molecule has 0 aliphatic heterocycles. The Morgan fingerprint density at radius 2 is 1.75 bits per heavy atom. The van der Waals surface area contributed by atoms with Gasteiger partial charge in [0.25, 0.3) is 5.56 Å². The van der Waals surface area contributed by atoms with Crippen LogP contribution in [0.25, 0.3) is 33.5 Å². The number of benzene rings is 2. The van der Waals surface area contributed by atoms with E-state index in [1.807, 2.05) is 46.0 Å². The van der Waals surface area contributed by atoms with Gasteiger partial charge in [-0.05, 0) is 75.3 Å². The summed E-state index contributed by atoms with van der Waals surface area (Å²) in [5.74, 6) is 0.0167. The fourth-order valence-electron chi connectivity index (χ4n) is 3.98. The Balaban J connectivity index is 1.89.